The molecule has 0 saturated carbocycles. The molecule has 3 aromatic carbocycles. The minimum Gasteiger partial charge on any atom is -0.507 e. The first-order valence-corrected chi connectivity index (χ1v) is 8.88. The lowest BCUT2D eigenvalue weighted by molar-refractivity contribution is 0.477. The van der Waals surface area contributed by atoms with E-state index in [1.165, 1.54) is 6.07 Å². The summed E-state index contributed by atoms with van der Waals surface area (Å²) in [6.45, 7) is 0.200. The van der Waals surface area contributed by atoms with E-state index in [1.54, 1.807) is 42.5 Å². The van der Waals surface area contributed by atoms with Crippen molar-refractivity contribution < 1.29 is 13.5 Å². The molecule has 0 atom stereocenters. The predicted octanol–water partition coefficient (Wildman–Crippen LogP) is 3.34. The van der Waals surface area contributed by atoms with Gasteiger partial charge < -0.3 is 5.11 Å². The van der Waals surface area contributed by atoms with E-state index in [0.717, 1.165) is 11.1 Å². The van der Waals surface area contributed by atoms with Gasteiger partial charge in [0.05, 0.1) is 4.90 Å². The highest BCUT2D eigenvalue weighted by Gasteiger charge is 2.12. The van der Waals surface area contributed by atoms with Gasteiger partial charge in [0.2, 0.25) is 10.0 Å². The topological polar surface area (TPSA) is 66.4 Å². The van der Waals surface area contributed by atoms with Crippen LogP contribution >= 0.6 is 0 Å². The van der Waals surface area contributed by atoms with Crippen molar-refractivity contribution in [1.29, 1.82) is 0 Å². The predicted molar refractivity (Wildman–Crippen MR) is 92.8 cm³/mol. The number of nitrogens with one attached hydrogen (secondary N) is 1. The first-order chi connectivity index (χ1) is 11.6. The molecule has 121 valence electrons. The third kappa shape index (κ3) is 3.64. The lowest BCUT2D eigenvalue weighted by Gasteiger charge is -2.08. The quantitative estimate of drug-likeness (QED) is 0.750. The molecule has 0 aliphatic carbocycles. The van der Waals surface area contributed by atoms with Crippen molar-refractivity contribution in [2.24, 2.45) is 0 Å². The Labute approximate surface area is 141 Å². The fraction of sp³-hybridized carbons (Fsp3) is 0.0526. The van der Waals surface area contributed by atoms with Crippen LogP contribution in [0, 0.1) is 6.07 Å². The molecule has 4 nitrogen and oxygen atoms in total. The van der Waals surface area contributed by atoms with E-state index >= 15 is 0 Å². The van der Waals surface area contributed by atoms with Crippen LogP contribution in [0.1, 0.15) is 5.56 Å². The fourth-order valence-corrected chi connectivity index (χ4v) is 3.37. The maximum absolute atomic E-state index is 12.2. The highest BCUT2D eigenvalue weighted by atomic mass is 32.2. The molecule has 0 saturated heterocycles. The van der Waals surface area contributed by atoms with Gasteiger partial charge in [-0.2, -0.15) is 0 Å². The van der Waals surface area contributed by atoms with Crippen LogP contribution in [-0.4, -0.2) is 13.5 Å². The van der Waals surface area contributed by atoms with Gasteiger partial charge in [-0.15, -0.1) is 0 Å². The van der Waals surface area contributed by atoms with Crippen LogP contribution in [0.25, 0.3) is 11.1 Å². The van der Waals surface area contributed by atoms with Gasteiger partial charge in [-0.05, 0) is 35.4 Å². The lowest BCUT2D eigenvalue weighted by atomic mass is 10.0. The zero-order valence-electron chi connectivity index (χ0n) is 12.8. The van der Waals surface area contributed by atoms with Crippen LogP contribution in [0.5, 0.6) is 5.75 Å². The van der Waals surface area contributed by atoms with Crippen molar-refractivity contribution in [1.82, 2.24) is 4.72 Å². The Morgan fingerprint density at radius 1 is 0.958 bits per heavy atom. The summed E-state index contributed by atoms with van der Waals surface area (Å²) in [5, 5.41) is 9.85. The fourth-order valence-electron chi connectivity index (χ4n) is 2.33. The van der Waals surface area contributed by atoms with Crippen LogP contribution in [0.15, 0.2) is 77.7 Å². The van der Waals surface area contributed by atoms with Gasteiger partial charge >= 0.3 is 0 Å². The molecule has 3 rings (SSSR count). The number of rotatable bonds is 5. The number of sulfonamides is 1. The summed E-state index contributed by atoms with van der Waals surface area (Å²) in [6, 6.07) is 23.5. The van der Waals surface area contributed by atoms with E-state index in [2.05, 4.69) is 10.8 Å². The van der Waals surface area contributed by atoms with Crippen LogP contribution in [-0.2, 0) is 16.6 Å². The van der Waals surface area contributed by atoms with Crippen LogP contribution in [0.3, 0.4) is 0 Å². The second-order valence-electron chi connectivity index (χ2n) is 5.28. The molecular formula is C19H16NO3S. The molecule has 0 bridgehead atoms. The molecule has 2 N–H and O–H groups in total. The van der Waals surface area contributed by atoms with Gasteiger partial charge in [0.25, 0.3) is 0 Å². The van der Waals surface area contributed by atoms with Crippen molar-refractivity contribution in [3.63, 3.8) is 0 Å². The summed E-state index contributed by atoms with van der Waals surface area (Å²) in [5.41, 5.74) is 2.40. The van der Waals surface area contributed by atoms with Crippen molar-refractivity contribution in [2.75, 3.05) is 0 Å². The smallest absolute Gasteiger partial charge is 0.240 e. The Balaban J connectivity index is 1.72. The SMILES string of the molecule is O=S(=O)(NCc1ccc(-c2cc[c]cc2O)cc1)c1ccccc1. The molecule has 5 heteroatoms. The Kier molecular flexibility index (Phi) is 4.64. The summed E-state index contributed by atoms with van der Waals surface area (Å²) in [4.78, 5) is 0.243. The van der Waals surface area contributed by atoms with Crippen molar-refractivity contribution in [3.05, 3.63) is 84.4 Å². The lowest BCUT2D eigenvalue weighted by Crippen LogP contribution is -2.23. The summed E-state index contributed by atoms with van der Waals surface area (Å²) in [5.74, 6) is 0.162. The molecule has 0 aliphatic rings. The number of aromatic hydroxyl groups is 1. The molecular weight excluding hydrogens is 322 g/mol. The summed E-state index contributed by atoms with van der Waals surface area (Å²) >= 11 is 0. The maximum Gasteiger partial charge on any atom is 0.240 e. The molecule has 0 spiro atoms. The number of hydrogen-bond donors (Lipinski definition) is 2. The first-order valence-electron chi connectivity index (χ1n) is 7.39. The molecule has 3 aromatic rings. The average molecular weight is 338 g/mol. The normalized spacial score (nSPS) is 11.3. The molecule has 0 aromatic heterocycles. The Morgan fingerprint density at radius 3 is 2.33 bits per heavy atom. The van der Waals surface area contributed by atoms with Gasteiger partial charge in [0.1, 0.15) is 5.75 Å². The third-order valence-electron chi connectivity index (χ3n) is 3.63. The molecule has 0 heterocycles. The Morgan fingerprint density at radius 2 is 1.67 bits per heavy atom. The number of hydrogen-bond acceptors (Lipinski definition) is 3. The summed E-state index contributed by atoms with van der Waals surface area (Å²) < 4.78 is 27.0. The van der Waals surface area contributed by atoms with Crippen LogP contribution < -0.4 is 4.72 Å². The second kappa shape index (κ2) is 6.86. The monoisotopic (exact) mass is 338 g/mol. The third-order valence-corrected chi connectivity index (χ3v) is 5.04. The number of phenols is 1. The zero-order chi connectivity index (χ0) is 17.0. The van der Waals surface area contributed by atoms with Gasteiger partial charge in [0.15, 0.2) is 0 Å². The van der Waals surface area contributed by atoms with E-state index in [-0.39, 0.29) is 17.2 Å². The van der Waals surface area contributed by atoms with Gasteiger partial charge in [-0.3, -0.25) is 0 Å². The van der Waals surface area contributed by atoms with Gasteiger partial charge in [-0.25, -0.2) is 13.1 Å². The van der Waals surface area contributed by atoms with Crippen LogP contribution in [0.2, 0.25) is 0 Å². The molecule has 0 fully saturated rings. The number of phenolic OH excluding ortho intramolecular Hbond substituents is 1. The Hall–Kier alpha value is -2.63. The molecule has 0 unspecified atom stereocenters. The minimum absolute atomic E-state index is 0.162. The van der Waals surface area contributed by atoms with E-state index in [4.69, 9.17) is 0 Å². The van der Waals surface area contributed by atoms with Crippen molar-refractivity contribution in [2.45, 2.75) is 11.4 Å². The van der Waals surface area contributed by atoms with Gasteiger partial charge in [0, 0.05) is 12.1 Å². The van der Waals surface area contributed by atoms with Crippen molar-refractivity contribution in [3.8, 4) is 16.9 Å². The molecule has 24 heavy (non-hydrogen) atoms. The number of benzene rings is 3. The minimum atomic E-state index is -3.52. The van der Waals surface area contributed by atoms with E-state index < -0.39 is 10.0 Å². The summed E-state index contributed by atoms with van der Waals surface area (Å²) in [7, 11) is -3.52. The summed E-state index contributed by atoms with van der Waals surface area (Å²) in [6.07, 6.45) is 0. The standard InChI is InChI=1S/C19H16NO3S/c21-19-9-5-4-8-18(19)16-12-10-15(11-13-16)14-20-24(22,23)17-6-2-1-3-7-17/h1-4,6-13,20-21H,14H2. The van der Waals surface area contributed by atoms with Crippen LogP contribution in [0.4, 0.5) is 0 Å². The van der Waals surface area contributed by atoms with Crippen molar-refractivity contribution >= 4 is 10.0 Å². The Bertz CT molecular complexity index is 920. The zero-order valence-corrected chi connectivity index (χ0v) is 13.6. The van der Waals surface area contributed by atoms with E-state index in [9.17, 15) is 13.5 Å². The van der Waals surface area contributed by atoms with E-state index in [0.29, 0.717) is 5.56 Å². The first kappa shape index (κ1) is 16.2. The maximum atomic E-state index is 12.2. The average Bonchev–Trinajstić information content (AvgIpc) is 2.62. The molecule has 1 radical (unpaired) electrons. The molecule has 0 aliphatic heterocycles. The second-order valence-corrected chi connectivity index (χ2v) is 7.04. The largest absolute Gasteiger partial charge is 0.507 e. The van der Waals surface area contributed by atoms with E-state index in [1.807, 2.05) is 24.3 Å². The van der Waals surface area contributed by atoms with Gasteiger partial charge in [-0.1, -0.05) is 54.6 Å². The highest BCUT2D eigenvalue weighted by Crippen LogP contribution is 2.28. The molecule has 0 amide bonds. The highest BCUT2D eigenvalue weighted by molar-refractivity contribution is 7.89.